The van der Waals surface area contributed by atoms with Crippen molar-refractivity contribution >= 4 is 39.5 Å². The first-order valence-electron chi connectivity index (χ1n) is 8.41. The summed E-state index contributed by atoms with van der Waals surface area (Å²) in [5.41, 5.74) is 6.13. The number of halogens is 1. The van der Waals surface area contributed by atoms with Gasteiger partial charge in [0.25, 0.3) is 5.91 Å². The highest BCUT2D eigenvalue weighted by Gasteiger charge is 2.42. The van der Waals surface area contributed by atoms with E-state index in [1.54, 1.807) is 36.4 Å². The number of likely N-dealkylation sites (tertiary alicyclic amines) is 1. The van der Waals surface area contributed by atoms with Crippen LogP contribution in [0.15, 0.2) is 51.6 Å². The summed E-state index contributed by atoms with van der Waals surface area (Å²) in [4.78, 5) is 15.3. The minimum absolute atomic E-state index is 0. The van der Waals surface area contributed by atoms with E-state index in [9.17, 15) is 13.2 Å². The second-order valence-corrected chi connectivity index (χ2v) is 10.1. The van der Waals surface area contributed by atoms with Gasteiger partial charge in [0, 0.05) is 19.1 Å². The molecule has 2 heterocycles. The van der Waals surface area contributed by atoms with Crippen LogP contribution in [0.4, 0.5) is 0 Å². The van der Waals surface area contributed by atoms with Crippen molar-refractivity contribution in [2.45, 2.75) is 28.0 Å². The van der Waals surface area contributed by atoms with Crippen LogP contribution in [0.2, 0.25) is 0 Å². The van der Waals surface area contributed by atoms with Crippen molar-refractivity contribution in [3.05, 3.63) is 47.3 Å². The number of fused-ring (bicyclic) bond motifs is 1. The van der Waals surface area contributed by atoms with Crippen molar-refractivity contribution in [1.82, 2.24) is 4.90 Å². The number of nitrogens with two attached hydrogens (primary N) is 1. The number of thiophene rings is 1. The molecule has 0 radical (unpaired) electrons. The topological polar surface area (TPSA) is 80.5 Å². The standard InChI is InChI=1S/C18H20N2O3S2.ClH/c19-15-7-6-12-10-20(11-14(12)15)18(21)16-8-9-17(24-16)25(22,23)13-4-2-1-3-5-13;/h1-5,8-9,12,14-15H,6-7,10-11,19H2;1H. The van der Waals surface area contributed by atoms with E-state index in [1.807, 2.05) is 4.90 Å². The van der Waals surface area contributed by atoms with Crippen LogP contribution in [-0.2, 0) is 9.84 Å². The summed E-state index contributed by atoms with van der Waals surface area (Å²) in [5, 5.41) is 0. The molecule has 3 atom stereocenters. The smallest absolute Gasteiger partial charge is 0.263 e. The molecule has 2 aromatic rings. The number of benzene rings is 1. The van der Waals surface area contributed by atoms with Crippen molar-refractivity contribution in [3.8, 4) is 0 Å². The second-order valence-electron chi connectivity index (χ2n) is 6.81. The monoisotopic (exact) mass is 412 g/mol. The van der Waals surface area contributed by atoms with Crippen molar-refractivity contribution in [1.29, 1.82) is 0 Å². The van der Waals surface area contributed by atoms with Crippen molar-refractivity contribution < 1.29 is 13.2 Å². The third kappa shape index (κ3) is 3.29. The molecule has 1 saturated heterocycles. The van der Waals surface area contributed by atoms with Crippen LogP contribution in [0, 0.1) is 11.8 Å². The Bertz CT molecular complexity index is 898. The first-order chi connectivity index (χ1) is 12.0. The van der Waals surface area contributed by atoms with Crippen molar-refractivity contribution in [2.75, 3.05) is 13.1 Å². The molecule has 8 heteroatoms. The Morgan fingerprint density at radius 2 is 1.81 bits per heavy atom. The van der Waals surface area contributed by atoms with Gasteiger partial charge in [0.05, 0.1) is 9.77 Å². The minimum atomic E-state index is -3.57. The van der Waals surface area contributed by atoms with Gasteiger partial charge in [0.1, 0.15) is 4.21 Å². The van der Waals surface area contributed by atoms with Gasteiger partial charge in [-0.2, -0.15) is 0 Å². The van der Waals surface area contributed by atoms with E-state index in [2.05, 4.69) is 0 Å². The van der Waals surface area contributed by atoms with E-state index >= 15 is 0 Å². The zero-order valence-electron chi connectivity index (χ0n) is 14.1. The van der Waals surface area contributed by atoms with Crippen LogP contribution in [0.1, 0.15) is 22.5 Å². The number of sulfone groups is 1. The maximum atomic E-state index is 12.8. The van der Waals surface area contributed by atoms with E-state index in [1.165, 1.54) is 6.07 Å². The van der Waals surface area contributed by atoms with E-state index in [0.717, 1.165) is 30.7 Å². The van der Waals surface area contributed by atoms with E-state index in [-0.39, 0.29) is 33.5 Å². The van der Waals surface area contributed by atoms with Crippen LogP contribution >= 0.6 is 23.7 Å². The maximum Gasteiger partial charge on any atom is 0.263 e. The van der Waals surface area contributed by atoms with Gasteiger partial charge in [-0.05, 0) is 48.9 Å². The van der Waals surface area contributed by atoms with Crippen LogP contribution in [0.3, 0.4) is 0 Å². The lowest BCUT2D eigenvalue weighted by Gasteiger charge is -2.17. The molecular formula is C18H21ClN2O3S2. The fourth-order valence-corrected chi connectivity index (χ4v) is 6.62. The van der Waals surface area contributed by atoms with Crippen molar-refractivity contribution in [3.63, 3.8) is 0 Å². The molecule has 2 aliphatic rings. The SMILES string of the molecule is Cl.NC1CCC2CN(C(=O)c3ccc(S(=O)(=O)c4ccccc4)s3)CC12. The molecular weight excluding hydrogens is 392 g/mol. The molecule has 0 bridgehead atoms. The summed E-state index contributed by atoms with van der Waals surface area (Å²) in [6.07, 6.45) is 2.11. The van der Waals surface area contributed by atoms with Gasteiger partial charge in [-0.15, -0.1) is 23.7 Å². The number of nitrogens with zero attached hydrogens (tertiary/aromatic N) is 1. The Balaban J connectivity index is 0.00000196. The Morgan fingerprint density at radius 1 is 1.08 bits per heavy atom. The predicted octanol–water partition coefficient (Wildman–Crippen LogP) is 2.81. The molecule has 140 valence electrons. The summed E-state index contributed by atoms with van der Waals surface area (Å²) in [5.74, 6) is 0.795. The lowest BCUT2D eigenvalue weighted by Crippen LogP contribution is -2.33. The number of hydrogen-bond donors (Lipinski definition) is 1. The first kappa shape index (κ1) is 19.4. The van der Waals surface area contributed by atoms with Gasteiger partial charge in [-0.3, -0.25) is 4.79 Å². The summed E-state index contributed by atoms with van der Waals surface area (Å²) < 4.78 is 25.5. The Kier molecular flexibility index (Phi) is 5.44. The maximum absolute atomic E-state index is 12.8. The summed E-state index contributed by atoms with van der Waals surface area (Å²) in [7, 11) is -3.57. The number of amides is 1. The largest absolute Gasteiger partial charge is 0.337 e. The Hall–Kier alpha value is -1.41. The number of carbonyl (C=O) groups is 1. The number of carbonyl (C=O) groups excluding carboxylic acids is 1. The molecule has 26 heavy (non-hydrogen) atoms. The highest BCUT2D eigenvalue weighted by Crippen LogP contribution is 2.38. The molecule has 1 saturated carbocycles. The lowest BCUT2D eigenvalue weighted by atomic mass is 9.98. The molecule has 3 unspecified atom stereocenters. The number of hydrogen-bond acceptors (Lipinski definition) is 5. The highest BCUT2D eigenvalue weighted by atomic mass is 35.5. The third-order valence-electron chi connectivity index (χ3n) is 5.31. The lowest BCUT2D eigenvalue weighted by molar-refractivity contribution is 0.0784. The van der Waals surface area contributed by atoms with Crippen LogP contribution in [-0.4, -0.2) is 38.4 Å². The van der Waals surface area contributed by atoms with Crippen LogP contribution < -0.4 is 5.73 Å². The summed E-state index contributed by atoms with van der Waals surface area (Å²) in [6, 6.07) is 11.6. The fraction of sp³-hybridized carbons (Fsp3) is 0.389. The van der Waals surface area contributed by atoms with Crippen LogP contribution in [0.5, 0.6) is 0 Å². The van der Waals surface area contributed by atoms with Crippen molar-refractivity contribution in [2.24, 2.45) is 17.6 Å². The molecule has 1 amide bonds. The molecule has 1 aromatic heterocycles. The number of rotatable bonds is 3. The molecule has 1 aliphatic heterocycles. The molecule has 1 aliphatic carbocycles. The first-order valence-corrected chi connectivity index (χ1v) is 10.7. The van der Waals surface area contributed by atoms with Gasteiger partial charge in [0.2, 0.25) is 9.84 Å². The minimum Gasteiger partial charge on any atom is -0.337 e. The normalized spacial score (nSPS) is 25.0. The van der Waals surface area contributed by atoms with Gasteiger partial charge in [-0.1, -0.05) is 18.2 Å². The molecule has 5 nitrogen and oxygen atoms in total. The quantitative estimate of drug-likeness (QED) is 0.840. The molecule has 2 fully saturated rings. The van der Waals surface area contributed by atoms with Crippen LogP contribution in [0.25, 0.3) is 0 Å². The third-order valence-corrected chi connectivity index (χ3v) is 8.64. The zero-order valence-corrected chi connectivity index (χ0v) is 16.5. The molecule has 1 aromatic carbocycles. The van der Waals surface area contributed by atoms with Gasteiger partial charge in [0.15, 0.2) is 0 Å². The Labute approximate surface area is 163 Å². The predicted molar refractivity (Wildman–Crippen MR) is 104 cm³/mol. The summed E-state index contributed by atoms with van der Waals surface area (Å²) in [6.45, 7) is 1.42. The molecule has 2 N–H and O–H groups in total. The van der Waals surface area contributed by atoms with Gasteiger partial charge >= 0.3 is 0 Å². The van der Waals surface area contributed by atoms with E-state index in [0.29, 0.717) is 23.3 Å². The van der Waals surface area contributed by atoms with E-state index < -0.39 is 9.84 Å². The molecule has 0 spiro atoms. The average molecular weight is 413 g/mol. The second kappa shape index (κ2) is 7.31. The van der Waals surface area contributed by atoms with Gasteiger partial charge < -0.3 is 10.6 Å². The Morgan fingerprint density at radius 3 is 2.50 bits per heavy atom. The fourth-order valence-electron chi connectivity index (χ4n) is 3.92. The van der Waals surface area contributed by atoms with E-state index in [4.69, 9.17) is 5.73 Å². The highest BCUT2D eigenvalue weighted by molar-refractivity contribution is 7.93. The van der Waals surface area contributed by atoms with Gasteiger partial charge in [-0.25, -0.2) is 8.42 Å². The summed E-state index contributed by atoms with van der Waals surface area (Å²) >= 11 is 1.05. The average Bonchev–Trinajstić information content (AvgIpc) is 3.33. The zero-order chi connectivity index (χ0) is 17.6. The molecule has 4 rings (SSSR count).